The van der Waals surface area contributed by atoms with Crippen LogP contribution < -0.4 is 0 Å². The molecule has 39 heavy (non-hydrogen) atoms. The van der Waals surface area contributed by atoms with Crippen molar-refractivity contribution in [3.63, 3.8) is 0 Å². The van der Waals surface area contributed by atoms with Crippen molar-refractivity contribution in [3.05, 3.63) is 41.0 Å². The van der Waals surface area contributed by atoms with Gasteiger partial charge in [-0.2, -0.15) is 10.4 Å². The van der Waals surface area contributed by atoms with Gasteiger partial charge in [-0.15, -0.1) is 0 Å². The van der Waals surface area contributed by atoms with Crippen molar-refractivity contribution in [3.8, 4) is 6.07 Å². The normalized spacial score (nSPS) is 36.7. The van der Waals surface area contributed by atoms with Crippen LogP contribution in [-0.2, 0) is 17.8 Å². The number of Topliss-reactive ketones (excluding diaryl/α,β-unsaturated/α-hetero) is 1. The van der Waals surface area contributed by atoms with Gasteiger partial charge in [0.25, 0.3) is 0 Å². The summed E-state index contributed by atoms with van der Waals surface area (Å²) in [6.07, 6.45) is 10.1. The Kier molecular flexibility index (Phi) is 6.52. The van der Waals surface area contributed by atoms with Crippen molar-refractivity contribution in [2.75, 3.05) is 5.75 Å². The number of allylic oxidation sites excluding steroid dienone is 1. The van der Waals surface area contributed by atoms with Gasteiger partial charge < -0.3 is 10.2 Å². The second kappa shape index (κ2) is 9.53. The molecule has 3 fully saturated rings. The fourth-order valence-corrected chi connectivity index (χ4v) is 9.62. The van der Waals surface area contributed by atoms with Gasteiger partial charge >= 0.3 is 0 Å². The highest BCUT2D eigenvalue weighted by molar-refractivity contribution is 7.99. The van der Waals surface area contributed by atoms with Gasteiger partial charge in [-0.05, 0) is 86.3 Å². The third-order valence-electron chi connectivity index (χ3n) is 10.7. The number of aryl methyl sites for hydroxylation is 2. The number of rotatable bonds is 6. The number of fused-ring (bicyclic) bond motifs is 6. The molecule has 5 unspecified atom stereocenters. The lowest BCUT2D eigenvalue weighted by Gasteiger charge is -2.60. The van der Waals surface area contributed by atoms with E-state index in [-0.39, 0.29) is 34.7 Å². The Morgan fingerprint density at radius 3 is 2.92 bits per heavy atom. The predicted molar refractivity (Wildman–Crippen MR) is 147 cm³/mol. The predicted octanol–water partition coefficient (Wildman–Crippen LogP) is 4.14. The Labute approximate surface area is 233 Å². The number of nitrogens with zero attached hydrogens (tertiary/aromatic N) is 5. The molecule has 206 valence electrons. The van der Waals surface area contributed by atoms with Gasteiger partial charge in [0.1, 0.15) is 5.60 Å². The second-order valence-corrected chi connectivity index (χ2v) is 13.5. The van der Waals surface area contributed by atoms with E-state index in [0.717, 1.165) is 37.1 Å². The molecule has 0 radical (unpaired) electrons. The van der Waals surface area contributed by atoms with Crippen LogP contribution in [0, 0.1) is 46.8 Å². The lowest BCUT2D eigenvalue weighted by Crippen LogP contribution is -2.62. The van der Waals surface area contributed by atoms with E-state index < -0.39 is 17.1 Å². The number of ketones is 1. The third-order valence-corrected chi connectivity index (χ3v) is 11.5. The standard InChI is InChI=1S/C30H37N5O3S/c1-18-8-11-32-27(34-18)39-17-25(37)30(38)9-7-22-21-6-5-20-13-23-19(16-33-35(23)12-4-10-31)14-28(20,2)26(21)24(36)15-29(22,30)3/h8,11,13,16,21-22,24,26,36,38H,4-7,9,12,14-15,17H2,1-3H3/t21?,22?,24-,26?,28?,29?,30-/m0/s1. The molecule has 4 aliphatic rings. The van der Waals surface area contributed by atoms with Crippen LogP contribution in [0.15, 0.2) is 29.2 Å². The number of nitriles is 1. The van der Waals surface area contributed by atoms with Gasteiger partial charge in [0.05, 0.1) is 42.8 Å². The molecule has 8 nitrogen and oxygen atoms in total. The van der Waals surface area contributed by atoms with Crippen molar-refractivity contribution in [1.29, 1.82) is 5.26 Å². The molecular formula is C30H37N5O3S. The van der Waals surface area contributed by atoms with Crippen LogP contribution >= 0.6 is 11.8 Å². The first kappa shape index (κ1) is 26.7. The molecule has 0 aromatic carbocycles. The topological polar surface area (TPSA) is 125 Å². The van der Waals surface area contributed by atoms with Gasteiger partial charge in [0.2, 0.25) is 0 Å². The number of carbonyl (C=O) groups is 1. The molecule has 6 rings (SSSR count). The van der Waals surface area contributed by atoms with E-state index in [9.17, 15) is 15.0 Å². The molecule has 9 heteroatoms. The minimum Gasteiger partial charge on any atom is -0.393 e. The average Bonchev–Trinajstić information content (AvgIpc) is 3.41. The fraction of sp³-hybridized carbons (Fsp3) is 0.633. The molecule has 3 saturated carbocycles. The van der Waals surface area contributed by atoms with Gasteiger partial charge in [0, 0.05) is 17.3 Å². The summed E-state index contributed by atoms with van der Waals surface area (Å²) in [5.41, 5.74) is 2.16. The van der Waals surface area contributed by atoms with Crippen molar-refractivity contribution >= 4 is 23.6 Å². The Morgan fingerprint density at radius 1 is 1.33 bits per heavy atom. The van der Waals surface area contributed by atoms with Gasteiger partial charge in [0.15, 0.2) is 10.9 Å². The Hall–Kier alpha value is -2.54. The van der Waals surface area contributed by atoms with Crippen LogP contribution in [0.4, 0.5) is 0 Å². The Morgan fingerprint density at radius 2 is 2.15 bits per heavy atom. The molecule has 0 bridgehead atoms. The summed E-state index contributed by atoms with van der Waals surface area (Å²) >= 11 is 1.28. The highest BCUT2D eigenvalue weighted by atomic mass is 32.2. The molecular weight excluding hydrogens is 510 g/mol. The maximum atomic E-state index is 13.6. The summed E-state index contributed by atoms with van der Waals surface area (Å²) in [5.74, 6) is 0.431. The zero-order valence-electron chi connectivity index (χ0n) is 22.9. The van der Waals surface area contributed by atoms with Gasteiger partial charge in [-0.1, -0.05) is 31.2 Å². The van der Waals surface area contributed by atoms with Crippen LogP contribution in [0.25, 0.3) is 6.08 Å². The number of hydrogen-bond acceptors (Lipinski definition) is 8. The summed E-state index contributed by atoms with van der Waals surface area (Å²) in [4.78, 5) is 22.3. The zero-order chi connectivity index (χ0) is 27.6. The molecule has 0 spiro atoms. The SMILES string of the molecule is Cc1ccnc(SCC(=O)[C@@]2(O)CCC3C4CCC5=Cc6c(cnn6CCC#N)CC5(C)C4[C@@H](O)CC32C)n1. The average molecular weight is 548 g/mol. The monoisotopic (exact) mass is 547 g/mol. The summed E-state index contributed by atoms with van der Waals surface area (Å²) in [5, 5.41) is 38.0. The molecule has 7 atom stereocenters. The first-order valence-electron chi connectivity index (χ1n) is 14.1. The number of thioether (sulfide) groups is 1. The number of aliphatic hydroxyl groups excluding tert-OH is 1. The van der Waals surface area contributed by atoms with E-state index in [2.05, 4.69) is 34.1 Å². The summed E-state index contributed by atoms with van der Waals surface area (Å²) in [7, 11) is 0. The maximum Gasteiger partial charge on any atom is 0.188 e. The van der Waals surface area contributed by atoms with E-state index in [1.54, 1.807) is 6.20 Å². The first-order valence-corrected chi connectivity index (χ1v) is 15.1. The van der Waals surface area contributed by atoms with E-state index in [1.165, 1.54) is 22.9 Å². The summed E-state index contributed by atoms with van der Waals surface area (Å²) in [6, 6.07) is 4.03. The van der Waals surface area contributed by atoms with Crippen LogP contribution in [-0.4, -0.2) is 53.2 Å². The number of hydrogen-bond donors (Lipinski definition) is 2. The highest BCUT2D eigenvalue weighted by Gasteiger charge is 2.68. The van der Waals surface area contributed by atoms with Gasteiger partial charge in [-0.3, -0.25) is 9.48 Å². The van der Waals surface area contributed by atoms with E-state index in [1.807, 2.05) is 30.8 Å². The van der Waals surface area contributed by atoms with Crippen molar-refractivity contribution in [2.24, 2.45) is 28.6 Å². The van der Waals surface area contributed by atoms with E-state index in [0.29, 0.717) is 31.0 Å². The van der Waals surface area contributed by atoms with E-state index >= 15 is 0 Å². The van der Waals surface area contributed by atoms with Crippen molar-refractivity contribution in [2.45, 2.75) is 89.1 Å². The lowest BCUT2D eigenvalue weighted by atomic mass is 9.45. The maximum absolute atomic E-state index is 13.6. The number of carbonyl (C=O) groups excluding carboxylic acids is 1. The summed E-state index contributed by atoms with van der Waals surface area (Å²) in [6.45, 7) is 6.81. The quantitative estimate of drug-likeness (QED) is 0.408. The van der Waals surface area contributed by atoms with Crippen LogP contribution in [0.2, 0.25) is 0 Å². The minimum absolute atomic E-state index is 0.0682. The van der Waals surface area contributed by atoms with Crippen LogP contribution in [0.5, 0.6) is 0 Å². The zero-order valence-corrected chi connectivity index (χ0v) is 23.7. The molecule has 2 N–H and O–H groups in total. The van der Waals surface area contributed by atoms with Crippen LogP contribution in [0.1, 0.15) is 69.3 Å². The highest BCUT2D eigenvalue weighted by Crippen LogP contribution is 2.67. The lowest BCUT2D eigenvalue weighted by molar-refractivity contribution is -0.177. The van der Waals surface area contributed by atoms with Crippen molar-refractivity contribution in [1.82, 2.24) is 19.7 Å². The Bertz CT molecular complexity index is 1380. The number of aliphatic hydroxyl groups is 2. The fourth-order valence-electron chi connectivity index (χ4n) is 8.78. The first-order chi connectivity index (χ1) is 18.6. The molecule has 2 heterocycles. The van der Waals surface area contributed by atoms with E-state index in [4.69, 9.17) is 5.26 Å². The van der Waals surface area contributed by atoms with Crippen molar-refractivity contribution < 1.29 is 15.0 Å². The molecule has 4 aliphatic carbocycles. The van der Waals surface area contributed by atoms with Gasteiger partial charge in [-0.25, -0.2) is 9.97 Å². The Balaban J connectivity index is 1.25. The molecule has 2 aromatic heterocycles. The largest absolute Gasteiger partial charge is 0.393 e. The molecule has 0 amide bonds. The molecule has 0 aliphatic heterocycles. The number of aromatic nitrogens is 4. The smallest absolute Gasteiger partial charge is 0.188 e. The second-order valence-electron chi connectivity index (χ2n) is 12.6. The third kappa shape index (κ3) is 4.01. The molecule has 0 saturated heterocycles. The summed E-state index contributed by atoms with van der Waals surface area (Å²) < 4.78 is 1.94. The van der Waals surface area contributed by atoms with Crippen LogP contribution in [0.3, 0.4) is 0 Å². The molecule has 2 aromatic rings. The minimum atomic E-state index is -1.46.